The molecule has 1 heterocycles. The first-order valence-corrected chi connectivity index (χ1v) is 14.4. The SMILES string of the molecule is c1ccc(-c2ccc3c(c2)Sc2ccccc2-c2ccccc2Sc2cccc(-c4ccccc4)c2-3)cc1. The minimum atomic E-state index is 1.23. The first-order chi connectivity index (χ1) is 18.8. The zero-order valence-corrected chi connectivity index (χ0v) is 22.3. The van der Waals surface area contributed by atoms with E-state index in [2.05, 4.69) is 146 Å². The third-order valence-electron chi connectivity index (χ3n) is 6.97. The lowest BCUT2D eigenvalue weighted by Gasteiger charge is -2.22. The third-order valence-corrected chi connectivity index (χ3v) is 9.24. The van der Waals surface area contributed by atoms with Gasteiger partial charge in [-0.3, -0.25) is 0 Å². The largest absolute Gasteiger partial charge is 0.0888 e. The van der Waals surface area contributed by atoms with Crippen molar-refractivity contribution in [2.75, 3.05) is 0 Å². The van der Waals surface area contributed by atoms with Crippen LogP contribution < -0.4 is 0 Å². The fourth-order valence-electron chi connectivity index (χ4n) is 5.17. The molecule has 0 nitrogen and oxygen atoms in total. The Hall–Kier alpha value is -3.98. The quantitative estimate of drug-likeness (QED) is 0.222. The van der Waals surface area contributed by atoms with Crippen molar-refractivity contribution in [1.82, 2.24) is 0 Å². The van der Waals surface area contributed by atoms with Gasteiger partial charge in [0.1, 0.15) is 0 Å². The van der Waals surface area contributed by atoms with Crippen LogP contribution in [0.1, 0.15) is 0 Å². The van der Waals surface area contributed by atoms with Gasteiger partial charge in [-0.15, -0.1) is 0 Å². The van der Waals surface area contributed by atoms with Gasteiger partial charge in [-0.1, -0.05) is 145 Å². The highest BCUT2D eigenvalue weighted by molar-refractivity contribution is 8.00. The van der Waals surface area contributed by atoms with E-state index in [1.807, 2.05) is 23.5 Å². The maximum Gasteiger partial charge on any atom is 0.0207 e. The molecule has 0 radical (unpaired) electrons. The van der Waals surface area contributed by atoms with Crippen LogP contribution >= 0.6 is 23.5 Å². The highest BCUT2D eigenvalue weighted by atomic mass is 32.2. The van der Waals surface area contributed by atoms with Gasteiger partial charge in [-0.05, 0) is 63.2 Å². The van der Waals surface area contributed by atoms with Gasteiger partial charge in [0.05, 0.1) is 0 Å². The molecule has 6 aromatic rings. The molecule has 0 unspecified atom stereocenters. The van der Waals surface area contributed by atoms with E-state index in [-0.39, 0.29) is 0 Å². The Labute approximate surface area is 232 Å². The molecule has 0 saturated heterocycles. The smallest absolute Gasteiger partial charge is 0.0207 e. The van der Waals surface area contributed by atoms with Gasteiger partial charge in [0.2, 0.25) is 0 Å². The zero-order valence-electron chi connectivity index (χ0n) is 20.7. The van der Waals surface area contributed by atoms with E-state index < -0.39 is 0 Å². The monoisotopic (exact) mass is 520 g/mol. The van der Waals surface area contributed by atoms with Crippen molar-refractivity contribution in [3.05, 3.63) is 146 Å². The number of fused-ring (bicyclic) bond motifs is 6. The van der Waals surface area contributed by atoms with Crippen molar-refractivity contribution in [3.63, 3.8) is 0 Å². The summed E-state index contributed by atoms with van der Waals surface area (Å²) in [5, 5.41) is 0. The van der Waals surface area contributed by atoms with Gasteiger partial charge in [-0.2, -0.15) is 0 Å². The first-order valence-electron chi connectivity index (χ1n) is 12.8. The average Bonchev–Trinajstić information content (AvgIpc) is 2.99. The van der Waals surface area contributed by atoms with Gasteiger partial charge in [0.25, 0.3) is 0 Å². The molecule has 0 amide bonds. The number of hydrogen-bond donors (Lipinski definition) is 0. The highest BCUT2D eigenvalue weighted by Crippen LogP contribution is 2.51. The Kier molecular flexibility index (Phi) is 6.13. The normalized spacial score (nSPS) is 12.0. The number of rotatable bonds is 2. The molecule has 0 N–H and O–H groups in total. The van der Waals surface area contributed by atoms with Crippen LogP contribution in [0, 0.1) is 0 Å². The summed E-state index contributed by atoms with van der Waals surface area (Å²) in [6.45, 7) is 0. The van der Waals surface area contributed by atoms with Gasteiger partial charge in [-0.25, -0.2) is 0 Å². The standard InChI is InChI=1S/C36H24S2/c1-3-12-25(13-4-1)27-22-23-31-35(24-27)38-33-20-10-8-17-30(33)29-16-7-9-19-32(29)37-34-21-11-18-28(36(31)34)26-14-5-2-6-15-26/h1-24H. The minimum Gasteiger partial charge on any atom is -0.0888 e. The Morgan fingerprint density at radius 3 is 1.50 bits per heavy atom. The Morgan fingerprint density at radius 1 is 0.289 bits per heavy atom. The lowest BCUT2D eigenvalue weighted by molar-refractivity contribution is 1.32. The zero-order chi connectivity index (χ0) is 25.3. The molecule has 7 rings (SSSR count). The van der Waals surface area contributed by atoms with E-state index in [4.69, 9.17) is 0 Å². The highest BCUT2D eigenvalue weighted by Gasteiger charge is 2.22. The minimum absolute atomic E-state index is 1.23. The van der Waals surface area contributed by atoms with Crippen LogP contribution in [0.4, 0.5) is 0 Å². The third kappa shape index (κ3) is 4.26. The van der Waals surface area contributed by atoms with Gasteiger partial charge in [0.15, 0.2) is 0 Å². The van der Waals surface area contributed by atoms with Crippen LogP contribution in [0.3, 0.4) is 0 Å². The predicted octanol–water partition coefficient (Wildman–Crippen LogP) is 11.0. The summed E-state index contributed by atoms with van der Waals surface area (Å²) in [4.78, 5) is 5.08. The predicted molar refractivity (Wildman–Crippen MR) is 163 cm³/mol. The molecule has 0 fully saturated rings. The molecule has 1 aliphatic rings. The van der Waals surface area contributed by atoms with E-state index in [1.165, 1.54) is 64.1 Å². The van der Waals surface area contributed by atoms with Crippen molar-refractivity contribution in [2.24, 2.45) is 0 Å². The second-order valence-corrected chi connectivity index (χ2v) is 11.5. The van der Waals surface area contributed by atoms with E-state index in [0.717, 1.165) is 0 Å². The molecule has 0 atom stereocenters. The molecule has 2 heteroatoms. The maximum absolute atomic E-state index is 2.37. The molecule has 6 aromatic carbocycles. The van der Waals surface area contributed by atoms with Crippen molar-refractivity contribution in [1.29, 1.82) is 0 Å². The lowest BCUT2D eigenvalue weighted by atomic mass is 9.93. The van der Waals surface area contributed by atoms with Gasteiger partial charge >= 0.3 is 0 Å². The molecule has 0 aliphatic carbocycles. The van der Waals surface area contributed by atoms with Crippen molar-refractivity contribution < 1.29 is 0 Å². The second-order valence-electron chi connectivity index (χ2n) is 9.32. The van der Waals surface area contributed by atoms with Crippen LogP contribution in [0.15, 0.2) is 165 Å². The van der Waals surface area contributed by atoms with Crippen LogP contribution in [0.2, 0.25) is 0 Å². The average molecular weight is 521 g/mol. The van der Waals surface area contributed by atoms with Crippen molar-refractivity contribution in [3.8, 4) is 44.5 Å². The molecule has 0 saturated carbocycles. The molecular formula is C36H24S2. The molecule has 0 aromatic heterocycles. The lowest BCUT2D eigenvalue weighted by Crippen LogP contribution is -1.95. The summed E-state index contributed by atoms with van der Waals surface area (Å²) in [7, 11) is 0. The van der Waals surface area contributed by atoms with E-state index in [0.29, 0.717) is 0 Å². The fraction of sp³-hybridized carbons (Fsp3) is 0. The summed E-state index contributed by atoms with van der Waals surface area (Å²) >= 11 is 3.74. The Bertz CT molecular complexity index is 1750. The summed E-state index contributed by atoms with van der Waals surface area (Å²) < 4.78 is 0. The summed E-state index contributed by atoms with van der Waals surface area (Å²) in [6, 6.07) is 52.8. The van der Waals surface area contributed by atoms with Crippen LogP contribution in [-0.2, 0) is 0 Å². The summed E-state index contributed by atoms with van der Waals surface area (Å²) in [5.41, 5.74) is 10.1. The molecule has 0 bridgehead atoms. The van der Waals surface area contributed by atoms with Crippen molar-refractivity contribution >= 4 is 23.5 Å². The molecule has 180 valence electrons. The van der Waals surface area contributed by atoms with Crippen LogP contribution in [-0.4, -0.2) is 0 Å². The Balaban J connectivity index is 1.54. The number of hydrogen-bond acceptors (Lipinski definition) is 2. The maximum atomic E-state index is 2.37. The fourth-order valence-corrected chi connectivity index (χ4v) is 7.45. The van der Waals surface area contributed by atoms with E-state index in [9.17, 15) is 0 Å². The molecule has 38 heavy (non-hydrogen) atoms. The second kappa shape index (κ2) is 10.1. The Morgan fingerprint density at radius 2 is 0.816 bits per heavy atom. The molecular weight excluding hydrogens is 497 g/mol. The van der Waals surface area contributed by atoms with E-state index in [1.54, 1.807) is 0 Å². The summed E-state index contributed by atoms with van der Waals surface area (Å²) in [5.74, 6) is 0. The van der Waals surface area contributed by atoms with Crippen LogP contribution in [0.5, 0.6) is 0 Å². The molecule has 0 spiro atoms. The van der Waals surface area contributed by atoms with Gasteiger partial charge in [0, 0.05) is 25.1 Å². The van der Waals surface area contributed by atoms with Crippen LogP contribution in [0.25, 0.3) is 44.5 Å². The van der Waals surface area contributed by atoms with E-state index >= 15 is 0 Å². The topological polar surface area (TPSA) is 0 Å². The molecule has 1 aliphatic heterocycles. The first kappa shape index (κ1) is 23.2. The number of benzene rings is 6. The van der Waals surface area contributed by atoms with Gasteiger partial charge < -0.3 is 0 Å². The van der Waals surface area contributed by atoms with Crippen molar-refractivity contribution in [2.45, 2.75) is 19.6 Å². The summed E-state index contributed by atoms with van der Waals surface area (Å²) in [6.07, 6.45) is 0.